The zero-order valence-electron chi connectivity index (χ0n) is 12.8. The average Bonchev–Trinajstić information content (AvgIpc) is 2.86. The third-order valence-corrected chi connectivity index (χ3v) is 4.76. The number of alkyl halides is 2. The maximum Gasteiger partial charge on any atom is 0.262 e. The molecule has 136 valence electrons. The van der Waals surface area contributed by atoms with E-state index in [4.69, 9.17) is 0 Å². The fraction of sp³-hybridized carbons (Fsp3) is 0.500. The summed E-state index contributed by atoms with van der Waals surface area (Å²) in [6.07, 6.45) is -0.572. The molecule has 24 heavy (non-hydrogen) atoms. The van der Waals surface area contributed by atoms with Crippen molar-refractivity contribution in [3.05, 3.63) is 35.9 Å². The average molecular weight is 384 g/mol. The minimum atomic E-state index is -3.56. The second-order valence-corrected chi connectivity index (χ2v) is 7.34. The fourth-order valence-electron chi connectivity index (χ4n) is 2.19. The molecule has 6 nitrogen and oxygen atoms in total. The van der Waals surface area contributed by atoms with E-state index in [1.807, 2.05) is 6.07 Å². The van der Waals surface area contributed by atoms with Crippen LogP contribution in [0.5, 0.6) is 0 Å². The molecule has 1 saturated heterocycles. The summed E-state index contributed by atoms with van der Waals surface area (Å²) in [6, 6.07) is 8.02. The van der Waals surface area contributed by atoms with Gasteiger partial charge in [0.05, 0.1) is 18.3 Å². The first-order chi connectivity index (χ1) is 10.8. The lowest BCUT2D eigenvalue weighted by molar-refractivity contribution is -0.123. The first-order valence-electron chi connectivity index (χ1n) is 7.18. The Hall–Kier alpha value is -1.29. The van der Waals surface area contributed by atoms with E-state index >= 15 is 0 Å². The predicted octanol–water partition coefficient (Wildman–Crippen LogP) is 0.641. The minimum absolute atomic E-state index is 0. The fourth-order valence-corrected chi connectivity index (χ4v) is 3.10. The molecule has 0 aliphatic carbocycles. The van der Waals surface area contributed by atoms with Crippen LogP contribution >= 0.6 is 12.4 Å². The Bertz CT molecular complexity index is 644. The molecule has 0 aromatic heterocycles. The second-order valence-electron chi connectivity index (χ2n) is 5.41. The highest BCUT2D eigenvalue weighted by Crippen LogP contribution is 2.24. The molecule has 0 saturated carbocycles. The zero-order chi connectivity index (χ0) is 16.9. The van der Waals surface area contributed by atoms with Gasteiger partial charge in [-0.3, -0.25) is 10.1 Å². The summed E-state index contributed by atoms with van der Waals surface area (Å²) in [5.74, 6) is -3.82. The molecule has 1 aromatic carbocycles. The maximum atomic E-state index is 13.0. The van der Waals surface area contributed by atoms with E-state index in [1.165, 1.54) is 0 Å². The van der Waals surface area contributed by atoms with Gasteiger partial charge in [-0.05, 0) is 5.56 Å². The van der Waals surface area contributed by atoms with Crippen molar-refractivity contribution in [3.8, 4) is 0 Å². The third kappa shape index (κ3) is 6.68. The second kappa shape index (κ2) is 8.70. The van der Waals surface area contributed by atoms with E-state index in [-0.39, 0.29) is 31.2 Å². The van der Waals surface area contributed by atoms with Crippen LogP contribution in [-0.2, 0) is 21.4 Å². The molecule has 1 heterocycles. The number of halogens is 3. The van der Waals surface area contributed by atoms with E-state index in [0.717, 1.165) is 5.56 Å². The molecule has 0 bridgehead atoms. The van der Waals surface area contributed by atoms with Gasteiger partial charge in [0.15, 0.2) is 0 Å². The minimum Gasteiger partial charge on any atom is -0.354 e. The van der Waals surface area contributed by atoms with Crippen LogP contribution < -0.4 is 15.4 Å². The van der Waals surface area contributed by atoms with Crippen molar-refractivity contribution >= 4 is 28.3 Å². The number of amides is 1. The van der Waals surface area contributed by atoms with Crippen LogP contribution in [0.2, 0.25) is 0 Å². The molecule has 2 rings (SSSR count). The highest BCUT2D eigenvalue weighted by Gasteiger charge is 2.42. The van der Waals surface area contributed by atoms with Gasteiger partial charge in [-0.1, -0.05) is 30.3 Å². The Balaban J connectivity index is 0.00000288. The first kappa shape index (κ1) is 20.8. The van der Waals surface area contributed by atoms with E-state index in [2.05, 4.69) is 15.4 Å². The van der Waals surface area contributed by atoms with Crippen molar-refractivity contribution in [2.24, 2.45) is 0 Å². The summed E-state index contributed by atoms with van der Waals surface area (Å²) >= 11 is 0. The van der Waals surface area contributed by atoms with Crippen molar-refractivity contribution in [1.29, 1.82) is 0 Å². The van der Waals surface area contributed by atoms with Gasteiger partial charge in [0.1, 0.15) is 0 Å². The molecule has 1 fully saturated rings. The molecule has 1 unspecified atom stereocenters. The van der Waals surface area contributed by atoms with Crippen molar-refractivity contribution in [1.82, 2.24) is 15.4 Å². The molecule has 1 atom stereocenters. The Labute approximate surface area is 145 Å². The summed E-state index contributed by atoms with van der Waals surface area (Å²) in [6.45, 7) is -0.512. The van der Waals surface area contributed by atoms with Crippen molar-refractivity contribution in [2.45, 2.75) is 24.9 Å². The lowest BCUT2D eigenvalue weighted by Crippen LogP contribution is -2.43. The Morgan fingerprint density at radius 2 is 1.96 bits per heavy atom. The largest absolute Gasteiger partial charge is 0.354 e. The molecule has 0 radical (unpaired) electrons. The number of hydrogen-bond donors (Lipinski definition) is 3. The van der Waals surface area contributed by atoms with Crippen molar-refractivity contribution in [2.75, 3.05) is 18.8 Å². The summed E-state index contributed by atoms with van der Waals surface area (Å²) < 4.78 is 52.0. The van der Waals surface area contributed by atoms with Crippen LogP contribution in [0.15, 0.2) is 30.3 Å². The molecule has 1 aromatic rings. The molecule has 3 N–H and O–H groups in total. The number of sulfonamides is 1. The van der Waals surface area contributed by atoms with Crippen LogP contribution in [0, 0.1) is 0 Å². The lowest BCUT2D eigenvalue weighted by Gasteiger charge is -2.12. The quantitative estimate of drug-likeness (QED) is 0.645. The molecule has 1 amide bonds. The predicted molar refractivity (Wildman–Crippen MR) is 88.7 cm³/mol. The lowest BCUT2D eigenvalue weighted by atomic mass is 10.2. The highest BCUT2D eigenvalue weighted by atomic mass is 35.5. The number of rotatable bonds is 7. The van der Waals surface area contributed by atoms with Gasteiger partial charge in [0, 0.05) is 19.5 Å². The number of carbonyl (C=O) groups excluding carboxylic acids is 1. The van der Waals surface area contributed by atoms with E-state index in [0.29, 0.717) is 0 Å². The Morgan fingerprint density at radius 1 is 1.29 bits per heavy atom. The number of benzene rings is 1. The van der Waals surface area contributed by atoms with Crippen LogP contribution in [0.1, 0.15) is 12.0 Å². The van der Waals surface area contributed by atoms with Crippen molar-refractivity contribution < 1.29 is 22.0 Å². The van der Waals surface area contributed by atoms with Crippen LogP contribution in [-0.4, -0.2) is 45.1 Å². The Morgan fingerprint density at radius 3 is 2.54 bits per heavy atom. The van der Waals surface area contributed by atoms with Gasteiger partial charge >= 0.3 is 0 Å². The maximum absolute atomic E-state index is 13.0. The van der Waals surface area contributed by atoms with Gasteiger partial charge in [-0.15, -0.1) is 12.4 Å². The van der Waals surface area contributed by atoms with Gasteiger partial charge in [-0.2, -0.15) is 0 Å². The number of hydrogen-bond acceptors (Lipinski definition) is 4. The SMILES string of the molecule is Cl.O=C(NCCS(=O)(=O)NCc1ccccc1)C1CC(F)(F)CN1. The molecule has 1 aliphatic rings. The van der Waals surface area contributed by atoms with Gasteiger partial charge in [0.2, 0.25) is 15.9 Å². The first-order valence-corrected chi connectivity index (χ1v) is 8.83. The van der Waals surface area contributed by atoms with E-state index < -0.39 is 40.9 Å². The number of nitrogens with one attached hydrogen (secondary N) is 3. The standard InChI is InChI=1S/C14H19F2N3O3S.ClH/c15-14(16)8-12(18-10-14)13(20)17-6-7-23(21,22)19-9-11-4-2-1-3-5-11;/h1-5,12,18-19H,6-10H2,(H,17,20);1H. The zero-order valence-corrected chi connectivity index (χ0v) is 14.4. The molecular weight excluding hydrogens is 364 g/mol. The van der Waals surface area contributed by atoms with E-state index in [1.54, 1.807) is 24.3 Å². The van der Waals surface area contributed by atoms with Gasteiger partial charge in [0.25, 0.3) is 5.92 Å². The molecule has 1 aliphatic heterocycles. The van der Waals surface area contributed by atoms with Crippen molar-refractivity contribution in [3.63, 3.8) is 0 Å². The Kier molecular flexibility index (Phi) is 7.53. The summed E-state index contributed by atoms with van der Waals surface area (Å²) in [5, 5.41) is 4.78. The highest BCUT2D eigenvalue weighted by molar-refractivity contribution is 7.89. The summed E-state index contributed by atoms with van der Waals surface area (Å²) in [4.78, 5) is 11.7. The third-order valence-electron chi connectivity index (χ3n) is 3.44. The van der Waals surface area contributed by atoms with Gasteiger partial charge < -0.3 is 5.32 Å². The van der Waals surface area contributed by atoms with Crippen LogP contribution in [0.3, 0.4) is 0 Å². The monoisotopic (exact) mass is 383 g/mol. The smallest absolute Gasteiger partial charge is 0.262 e. The topological polar surface area (TPSA) is 87.3 Å². The van der Waals surface area contributed by atoms with Gasteiger partial charge in [-0.25, -0.2) is 21.9 Å². The summed E-state index contributed by atoms with van der Waals surface area (Å²) in [7, 11) is -3.56. The molecule has 10 heteroatoms. The van der Waals surface area contributed by atoms with Crippen LogP contribution in [0.4, 0.5) is 8.78 Å². The summed E-state index contributed by atoms with van der Waals surface area (Å²) in [5.41, 5.74) is 0.817. The van der Waals surface area contributed by atoms with Crippen LogP contribution in [0.25, 0.3) is 0 Å². The molecule has 0 spiro atoms. The number of carbonyl (C=O) groups is 1. The van der Waals surface area contributed by atoms with E-state index in [9.17, 15) is 22.0 Å². The normalized spacial score (nSPS) is 19.5. The molecular formula is C14H20ClF2N3O3S.